The third-order valence-corrected chi connectivity index (χ3v) is 5.96. The molecule has 11 heteroatoms. The number of fused-ring (bicyclic) bond motifs is 1. The second kappa shape index (κ2) is 8.91. The van der Waals surface area contributed by atoms with Gasteiger partial charge in [-0.3, -0.25) is 14.8 Å². The van der Waals surface area contributed by atoms with Crippen LogP contribution in [-0.4, -0.2) is 75.8 Å². The van der Waals surface area contributed by atoms with Gasteiger partial charge >= 0.3 is 0 Å². The molecule has 1 aromatic carbocycles. The van der Waals surface area contributed by atoms with E-state index in [1.54, 1.807) is 18.3 Å². The molecule has 3 heterocycles. The number of aliphatic hydroxyl groups excluding tert-OH is 1. The van der Waals surface area contributed by atoms with Crippen LogP contribution in [0.5, 0.6) is 0 Å². The van der Waals surface area contributed by atoms with Crippen LogP contribution in [0, 0.1) is 0 Å². The number of nitrogens with zero attached hydrogens (tertiary/aromatic N) is 4. The molecule has 1 aliphatic heterocycles. The molecule has 1 aliphatic rings. The van der Waals surface area contributed by atoms with Crippen LogP contribution in [0.4, 0.5) is 5.69 Å². The lowest BCUT2D eigenvalue weighted by Gasteiger charge is -2.43. The third-order valence-electron chi connectivity index (χ3n) is 5.22. The summed E-state index contributed by atoms with van der Waals surface area (Å²) in [6.45, 7) is 2.49. The van der Waals surface area contributed by atoms with Crippen molar-refractivity contribution in [3.8, 4) is 0 Å². The minimum atomic E-state index is -0.852. The first kappa shape index (κ1) is 21.1. The molecule has 0 aliphatic carbocycles. The van der Waals surface area contributed by atoms with E-state index in [2.05, 4.69) is 25.1 Å². The van der Waals surface area contributed by atoms with Crippen LogP contribution in [-0.2, 0) is 11.2 Å². The summed E-state index contributed by atoms with van der Waals surface area (Å²) in [6.07, 6.45) is 0.470. The van der Waals surface area contributed by atoms with Crippen molar-refractivity contribution < 1.29 is 9.84 Å². The number of aromatic amines is 2. The summed E-state index contributed by atoms with van der Waals surface area (Å²) in [5.74, 6) is 0.391. The molecular formula is C19H22Cl2N6O3. The Hall–Kier alpha value is -2.17. The molecule has 2 unspecified atom stereocenters. The van der Waals surface area contributed by atoms with E-state index < -0.39 is 12.3 Å². The standard InChI is InChI=1S/C19H22Cl2N6O3/c1-26(11-2-3-12(20)13(21)8-11)19(27-4-6-30-7-5-27)15(28)9-16-23-14-10-22-25-17(14)18(29)24-16/h2-3,8,10,15,19,28H,4-7,9H2,1H3,(H,22,25)(H,23,24,29). The maximum atomic E-state index is 12.2. The third kappa shape index (κ3) is 4.30. The smallest absolute Gasteiger partial charge is 0.279 e. The number of halogens is 2. The van der Waals surface area contributed by atoms with Gasteiger partial charge in [0.25, 0.3) is 5.56 Å². The van der Waals surface area contributed by atoms with Crippen molar-refractivity contribution in [2.24, 2.45) is 0 Å². The molecule has 3 N–H and O–H groups in total. The molecule has 0 radical (unpaired) electrons. The molecule has 30 heavy (non-hydrogen) atoms. The van der Waals surface area contributed by atoms with Crippen molar-refractivity contribution in [2.45, 2.75) is 18.7 Å². The molecule has 0 bridgehead atoms. The predicted molar refractivity (Wildman–Crippen MR) is 115 cm³/mol. The van der Waals surface area contributed by atoms with Crippen LogP contribution in [0.3, 0.4) is 0 Å². The summed E-state index contributed by atoms with van der Waals surface area (Å²) in [7, 11) is 1.89. The fourth-order valence-corrected chi connectivity index (χ4v) is 4.04. The maximum Gasteiger partial charge on any atom is 0.279 e. The molecule has 2 atom stereocenters. The largest absolute Gasteiger partial charge is 0.389 e. The summed E-state index contributed by atoms with van der Waals surface area (Å²) >= 11 is 12.3. The molecule has 2 aromatic heterocycles. The fraction of sp³-hybridized carbons (Fsp3) is 0.421. The van der Waals surface area contributed by atoms with Crippen molar-refractivity contribution in [2.75, 3.05) is 38.3 Å². The normalized spacial score (nSPS) is 17.2. The Morgan fingerprint density at radius 2 is 2.07 bits per heavy atom. The number of hydrogen-bond donors (Lipinski definition) is 3. The lowest BCUT2D eigenvalue weighted by atomic mass is 10.1. The van der Waals surface area contributed by atoms with Gasteiger partial charge in [0.15, 0.2) is 5.52 Å². The van der Waals surface area contributed by atoms with Crippen LogP contribution in [0.1, 0.15) is 5.82 Å². The first-order valence-corrected chi connectivity index (χ1v) is 10.3. The lowest BCUT2D eigenvalue weighted by molar-refractivity contribution is -0.0213. The van der Waals surface area contributed by atoms with E-state index in [9.17, 15) is 9.90 Å². The van der Waals surface area contributed by atoms with Gasteiger partial charge < -0.3 is 19.7 Å². The first-order chi connectivity index (χ1) is 14.4. The van der Waals surface area contributed by atoms with Gasteiger partial charge in [-0.2, -0.15) is 5.10 Å². The van der Waals surface area contributed by atoms with E-state index in [0.29, 0.717) is 47.7 Å². The van der Waals surface area contributed by atoms with Crippen molar-refractivity contribution in [3.05, 3.63) is 50.6 Å². The summed E-state index contributed by atoms with van der Waals surface area (Å²) in [6, 6.07) is 5.35. The average Bonchev–Trinajstić information content (AvgIpc) is 3.20. The highest BCUT2D eigenvalue weighted by atomic mass is 35.5. The monoisotopic (exact) mass is 452 g/mol. The topological polar surface area (TPSA) is 110 Å². The molecule has 0 spiro atoms. The molecule has 0 amide bonds. The van der Waals surface area contributed by atoms with Gasteiger partial charge in [-0.05, 0) is 18.2 Å². The second-order valence-electron chi connectivity index (χ2n) is 7.17. The molecule has 3 aromatic rings. The number of H-pyrrole nitrogens is 2. The zero-order valence-corrected chi connectivity index (χ0v) is 17.8. The van der Waals surface area contributed by atoms with E-state index in [4.69, 9.17) is 27.9 Å². The molecule has 1 fully saturated rings. The highest BCUT2D eigenvalue weighted by Gasteiger charge is 2.32. The fourth-order valence-electron chi connectivity index (χ4n) is 3.75. The molecule has 4 rings (SSSR count). The number of nitrogens with one attached hydrogen (secondary N) is 2. The van der Waals surface area contributed by atoms with Crippen molar-refractivity contribution in [3.63, 3.8) is 0 Å². The molecule has 160 valence electrons. The van der Waals surface area contributed by atoms with Crippen LogP contribution in [0.15, 0.2) is 29.2 Å². The number of ether oxygens (including phenoxy) is 1. The number of hydrogen-bond acceptors (Lipinski definition) is 7. The summed E-state index contributed by atoms with van der Waals surface area (Å²) in [4.78, 5) is 23.4. The SMILES string of the molecule is CN(c1ccc(Cl)c(Cl)c1)C(C(O)Cc1nc2c[nH]nc2c(=O)[nH]1)N1CCOCC1. The van der Waals surface area contributed by atoms with Gasteiger partial charge in [0, 0.05) is 38.4 Å². The Labute approximate surface area is 182 Å². The highest BCUT2D eigenvalue weighted by molar-refractivity contribution is 6.42. The van der Waals surface area contributed by atoms with E-state index in [1.165, 1.54) is 0 Å². The number of anilines is 1. The van der Waals surface area contributed by atoms with E-state index in [0.717, 1.165) is 5.69 Å². The molecule has 9 nitrogen and oxygen atoms in total. The van der Waals surface area contributed by atoms with Gasteiger partial charge in [-0.1, -0.05) is 23.2 Å². The average molecular weight is 453 g/mol. The van der Waals surface area contributed by atoms with Gasteiger partial charge in [0.2, 0.25) is 0 Å². The minimum absolute atomic E-state index is 0.157. The quantitative estimate of drug-likeness (QED) is 0.521. The Bertz CT molecular complexity index is 1080. The zero-order valence-electron chi connectivity index (χ0n) is 16.3. The first-order valence-electron chi connectivity index (χ1n) is 9.54. The molecular weight excluding hydrogens is 431 g/mol. The minimum Gasteiger partial charge on any atom is -0.389 e. The predicted octanol–water partition coefficient (Wildman–Crippen LogP) is 1.65. The van der Waals surface area contributed by atoms with E-state index >= 15 is 0 Å². The van der Waals surface area contributed by atoms with E-state index in [-0.39, 0.29) is 17.5 Å². The number of aliphatic hydroxyl groups is 1. The van der Waals surface area contributed by atoms with Gasteiger partial charge in [0.05, 0.1) is 29.4 Å². The molecule has 1 saturated heterocycles. The second-order valence-corrected chi connectivity index (χ2v) is 7.99. The van der Waals surface area contributed by atoms with Crippen molar-refractivity contribution >= 4 is 39.9 Å². The van der Waals surface area contributed by atoms with Crippen LogP contribution < -0.4 is 10.5 Å². The summed E-state index contributed by atoms with van der Waals surface area (Å²) < 4.78 is 5.47. The van der Waals surface area contributed by atoms with Crippen LogP contribution in [0.25, 0.3) is 11.0 Å². The van der Waals surface area contributed by atoms with Gasteiger partial charge in [-0.15, -0.1) is 0 Å². The number of likely N-dealkylation sites (N-methyl/N-ethyl adjacent to an activating group) is 1. The van der Waals surface area contributed by atoms with E-state index in [1.807, 2.05) is 18.0 Å². The van der Waals surface area contributed by atoms with Crippen molar-refractivity contribution in [1.82, 2.24) is 25.1 Å². The Morgan fingerprint density at radius 1 is 1.30 bits per heavy atom. The molecule has 0 saturated carbocycles. The number of morpholine rings is 1. The maximum absolute atomic E-state index is 12.2. The highest BCUT2D eigenvalue weighted by Crippen LogP contribution is 2.29. The Kier molecular flexibility index (Phi) is 6.26. The summed E-state index contributed by atoms with van der Waals surface area (Å²) in [5.41, 5.74) is 1.17. The zero-order chi connectivity index (χ0) is 21.3. The van der Waals surface area contributed by atoms with Crippen LogP contribution >= 0.6 is 23.2 Å². The van der Waals surface area contributed by atoms with Gasteiger partial charge in [-0.25, -0.2) is 4.98 Å². The van der Waals surface area contributed by atoms with Crippen LogP contribution in [0.2, 0.25) is 10.0 Å². The van der Waals surface area contributed by atoms with Crippen molar-refractivity contribution in [1.29, 1.82) is 0 Å². The van der Waals surface area contributed by atoms with Gasteiger partial charge in [0.1, 0.15) is 17.5 Å². The Morgan fingerprint density at radius 3 is 2.80 bits per heavy atom. The number of rotatable bonds is 6. The summed E-state index contributed by atoms with van der Waals surface area (Å²) in [5, 5.41) is 18.6. The number of benzene rings is 1. The Balaban J connectivity index is 1.63. The number of aromatic nitrogens is 4. The lowest BCUT2D eigenvalue weighted by Crippen LogP contribution is -2.57.